The first kappa shape index (κ1) is 58.1. The topological polar surface area (TPSA) is 35.9 Å². The molecule has 9 aromatic carbocycles. The lowest BCUT2D eigenvalue weighted by molar-refractivity contribution is -0.571. The molecule has 3 heterocycles. The van der Waals surface area contributed by atoms with Gasteiger partial charge in [-0.3, -0.25) is 13.7 Å². The van der Waals surface area contributed by atoms with E-state index in [0.29, 0.717) is 17.1 Å². The van der Waals surface area contributed by atoms with Gasteiger partial charge in [0.2, 0.25) is 0 Å². The van der Waals surface area contributed by atoms with Crippen molar-refractivity contribution in [2.24, 2.45) is 0 Å². The molecular weight excluding hydrogens is 1130 g/mol. The van der Waals surface area contributed by atoms with Gasteiger partial charge in [-0.15, -0.1) is 0 Å². The van der Waals surface area contributed by atoms with E-state index in [-0.39, 0.29) is 67.6 Å². The quantitative estimate of drug-likeness (QED) is 0.107. The van der Waals surface area contributed by atoms with Crippen molar-refractivity contribution >= 4 is 32.8 Å². The highest BCUT2D eigenvalue weighted by Crippen LogP contribution is 2.45. The summed E-state index contributed by atoms with van der Waals surface area (Å²) in [5, 5.41) is 2.23. The number of aromatic nitrogens is 4. The molecule has 0 radical (unpaired) electrons. The van der Waals surface area contributed by atoms with Gasteiger partial charge in [-0.2, -0.15) is 0 Å². The smallest absolute Gasteiger partial charge is 0.269 e. The summed E-state index contributed by atoms with van der Waals surface area (Å²) in [6.07, 6.45) is 5.97. The van der Waals surface area contributed by atoms with Crippen LogP contribution in [0.25, 0.3) is 94.5 Å². The highest BCUT2D eigenvalue weighted by atomic mass is 16.5. The number of hydrogen-bond acceptors (Lipinski definition) is 2. The molecule has 5 nitrogen and oxygen atoms in total. The molecule has 12 rings (SSSR count). The Kier molecular flexibility index (Phi) is 14.4. The number of imidazole rings is 1. The van der Waals surface area contributed by atoms with Gasteiger partial charge in [0.05, 0.1) is 40.3 Å². The van der Waals surface area contributed by atoms with Gasteiger partial charge in [0.1, 0.15) is 17.3 Å². The van der Waals surface area contributed by atoms with Gasteiger partial charge in [-0.05, 0) is 188 Å². The Hall–Kier alpha value is -8.80. The van der Waals surface area contributed by atoms with Gasteiger partial charge in [0.25, 0.3) is 6.33 Å². The Morgan fingerprint density at radius 1 is 0.376 bits per heavy atom. The predicted molar refractivity (Wildman–Crippen MR) is 395 cm³/mol. The summed E-state index contributed by atoms with van der Waals surface area (Å²) in [5.41, 5.74) is 18.5. The van der Waals surface area contributed by atoms with Crippen molar-refractivity contribution < 1.29 is 16.2 Å². The Morgan fingerprint density at radius 2 is 0.860 bits per heavy atom. The summed E-state index contributed by atoms with van der Waals surface area (Å²) >= 11 is 0. The van der Waals surface area contributed by atoms with Crippen LogP contribution in [-0.4, -0.2) is 14.1 Å². The molecule has 0 amide bonds. The number of hydrogen-bond donors (Lipinski definition) is 0. The lowest BCUT2D eigenvalue weighted by Gasteiger charge is -2.29. The van der Waals surface area contributed by atoms with Crippen molar-refractivity contribution in [2.75, 3.05) is 0 Å². The molecule has 93 heavy (non-hydrogen) atoms. The fourth-order valence-corrected chi connectivity index (χ4v) is 12.5. The van der Waals surface area contributed by atoms with Crippen LogP contribution in [0.1, 0.15) is 191 Å². The summed E-state index contributed by atoms with van der Waals surface area (Å²) in [6.45, 7) is 47.3. The molecule has 3 aromatic heterocycles. The monoisotopic (exact) mass is 1230 g/mol. The van der Waals surface area contributed by atoms with Gasteiger partial charge in [0, 0.05) is 23.0 Å². The van der Waals surface area contributed by atoms with Crippen molar-refractivity contribution in [3.8, 4) is 73.2 Å². The number of ether oxygens (including phenoxy) is 1. The number of rotatable bonds is 9. The highest BCUT2D eigenvalue weighted by Gasteiger charge is 2.30. The molecule has 5 heteroatoms. The zero-order valence-electron chi connectivity index (χ0n) is 63.9. The van der Waals surface area contributed by atoms with Gasteiger partial charge in [-0.25, -0.2) is 4.98 Å². The van der Waals surface area contributed by atoms with Gasteiger partial charge in [0.15, 0.2) is 0 Å². The Bertz CT molecular complexity index is 4940. The molecule has 0 atom stereocenters. The van der Waals surface area contributed by atoms with Crippen LogP contribution in [0.2, 0.25) is 0 Å². The molecule has 0 fully saturated rings. The Balaban J connectivity index is 1.19. The summed E-state index contributed by atoms with van der Waals surface area (Å²) in [6, 6.07) is 57.4. The lowest BCUT2D eigenvalue weighted by atomic mass is 9.77. The van der Waals surface area contributed by atoms with Crippen LogP contribution >= 0.6 is 0 Å². The Morgan fingerprint density at radius 3 is 1.39 bits per heavy atom. The highest BCUT2D eigenvalue weighted by molar-refractivity contribution is 6.09. The zero-order chi connectivity index (χ0) is 71.1. The standard InChI is InChI=1S/C88H96N4O/c1-82(2,3)62-38-39-89-80(52-62)92-76-33-26-25-32-72(76)73-36-35-71(54-78(73)92)93-70-31-27-30-69(53-70)90-55-91(77-37-34-57(48-79(77)90)58-40-63(83(4,5)6)49-64(41-58)84(7,8)9)81-74(60-42-65(85(10,11)12)50-66(43-60)86(13,14)15)46-59(56-28-23-22-24-29-56)47-75(81)61-44-67(87(16,17)18)51-68(45-61)88(19,20)21/h22-54H,1-21H3/i22D,23D,24D,28D,29D. The summed E-state index contributed by atoms with van der Waals surface area (Å²) < 4.78 is 59.9. The van der Waals surface area contributed by atoms with E-state index in [0.717, 1.165) is 106 Å². The molecule has 0 bridgehead atoms. The second kappa shape index (κ2) is 23.0. The summed E-state index contributed by atoms with van der Waals surface area (Å²) in [7, 11) is 0. The molecule has 0 N–H and O–H groups in total. The fourth-order valence-electron chi connectivity index (χ4n) is 12.5. The van der Waals surface area contributed by atoms with E-state index in [2.05, 4.69) is 317 Å². The molecule has 0 spiro atoms. The molecule has 12 aromatic rings. The first-order valence-electron chi connectivity index (χ1n) is 35.6. The maximum Gasteiger partial charge on any atom is 0.269 e. The zero-order valence-corrected chi connectivity index (χ0v) is 58.9. The van der Waals surface area contributed by atoms with Gasteiger partial charge in [-0.1, -0.05) is 267 Å². The van der Waals surface area contributed by atoms with Crippen molar-refractivity contribution in [3.05, 3.63) is 245 Å². The van der Waals surface area contributed by atoms with Gasteiger partial charge < -0.3 is 4.74 Å². The molecule has 0 saturated heterocycles. The molecule has 474 valence electrons. The second-order valence-electron chi connectivity index (χ2n) is 33.1. The van der Waals surface area contributed by atoms with E-state index in [9.17, 15) is 2.74 Å². The molecular formula is C88H96N4O. The van der Waals surface area contributed by atoms with Crippen LogP contribution in [0.3, 0.4) is 0 Å². The normalized spacial score (nSPS) is 13.8. The van der Waals surface area contributed by atoms with Crippen LogP contribution in [-0.2, 0) is 37.9 Å². The maximum atomic E-state index is 9.61. The molecule has 0 unspecified atom stereocenters. The minimum Gasteiger partial charge on any atom is -0.458 e. The van der Waals surface area contributed by atoms with E-state index < -0.39 is 6.04 Å². The molecule has 0 aliphatic heterocycles. The minimum atomic E-state index is -0.437. The number of fused-ring (bicyclic) bond motifs is 4. The van der Waals surface area contributed by atoms with E-state index in [1.807, 2.05) is 18.3 Å². The van der Waals surface area contributed by atoms with Crippen molar-refractivity contribution in [3.63, 3.8) is 0 Å². The number of pyridine rings is 1. The SMILES string of the molecule is [2H]c1c([2H])c([2H])c(-c2cc(-c3cc(C(C)(C)C)cc(C(C)(C)C)c3)c(-[n+]3[c-]n(-c4cccc(Oc5ccc6c7ccccc7n(-c7cc(C(C)(C)C)ccn7)c6c5)c4)c4cc(-c5cc(C(C)(C)C)cc(C(C)(C)C)c5)ccc43)c(-c3cc(C(C)(C)C)cc(C(C)(C)C)c3)c2)c([2H])c1[2H]. The third-order valence-electron chi connectivity index (χ3n) is 18.5. The molecule has 0 aliphatic carbocycles. The van der Waals surface area contributed by atoms with Crippen LogP contribution in [0, 0.1) is 6.33 Å². The summed E-state index contributed by atoms with van der Waals surface area (Å²) in [5.74, 6) is 2.15. The van der Waals surface area contributed by atoms with Crippen LogP contribution in [0.4, 0.5) is 0 Å². The van der Waals surface area contributed by atoms with Crippen LogP contribution in [0.15, 0.2) is 200 Å². The molecule has 0 saturated carbocycles. The predicted octanol–water partition coefficient (Wildman–Crippen LogP) is 23.7. The molecule has 0 aliphatic rings. The summed E-state index contributed by atoms with van der Waals surface area (Å²) in [4.78, 5) is 4.97. The van der Waals surface area contributed by atoms with E-state index in [1.165, 1.54) is 16.7 Å². The minimum absolute atomic E-state index is 0.0821. The van der Waals surface area contributed by atoms with E-state index >= 15 is 0 Å². The average Bonchev–Trinajstić information content (AvgIpc) is 1.37. The fraction of sp³-hybridized carbons (Fsp3) is 0.318. The number of para-hydroxylation sites is 1. The van der Waals surface area contributed by atoms with Crippen molar-refractivity contribution in [1.29, 1.82) is 0 Å². The average molecular weight is 1230 g/mol. The second-order valence-corrected chi connectivity index (χ2v) is 33.1. The van der Waals surface area contributed by atoms with E-state index in [4.69, 9.17) is 13.8 Å². The van der Waals surface area contributed by atoms with Crippen LogP contribution < -0.4 is 9.30 Å². The maximum absolute atomic E-state index is 9.61. The van der Waals surface area contributed by atoms with Crippen LogP contribution in [0.5, 0.6) is 11.5 Å². The van der Waals surface area contributed by atoms with Gasteiger partial charge >= 0.3 is 0 Å². The number of benzene rings is 9. The number of nitrogens with zero attached hydrogens (tertiary/aromatic N) is 4. The lowest BCUT2D eigenvalue weighted by Crippen LogP contribution is -2.32. The third-order valence-corrected chi connectivity index (χ3v) is 18.5. The van der Waals surface area contributed by atoms with Crippen molar-refractivity contribution in [1.82, 2.24) is 14.1 Å². The largest absolute Gasteiger partial charge is 0.458 e. The van der Waals surface area contributed by atoms with Crippen molar-refractivity contribution in [2.45, 2.75) is 183 Å². The van der Waals surface area contributed by atoms with E-state index in [1.54, 1.807) is 0 Å². The first-order valence-corrected chi connectivity index (χ1v) is 33.1. The first-order chi connectivity index (χ1) is 45.5. The Labute approximate surface area is 562 Å². The third kappa shape index (κ3) is 12.9.